The van der Waals surface area contributed by atoms with Gasteiger partial charge in [0.05, 0.1) is 16.6 Å². The molecule has 3 aromatic rings. The van der Waals surface area contributed by atoms with E-state index in [0.29, 0.717) is 24.3 Å². The second kappa shape index (κ2) is 5.70. The molecular formula is C18H18N4O2S. The van der Waals surface area contributed by atoms with Gasteiger partial charge < -0.3 is 14.8 Å². The molecule has 4 rings (SSSR count). The molecule has 0 radical (unpaired) electrons. The highest BCUT2D eigenvalue weighted by Gasteiger charge is 2.43. The lowest BCUT2D eigenvalue weighted by Gasteiger charge is -2.48. The molecule has 0 aliphatic carbocycles. The summed E-state index contributed by atoms with van der Waals surface area (Å²) in [5.41, 5.74) is 1.61. The van der Waals surface area contributed by atoms with E-state index in [2.05, 4.69) is 9.69 Å². The Bertz CT molecular complexity index is 955. The molecule has 1 aliphatic rings. The smallest absolute Gasteiger partial charge is 0.273 e. The van der Waals surface area contributed by atoms with Crippen LogP contribution < -0.4 is 5.32 Å². The minimum Gasteiger partial charge on any atom is -0.350 e. The third kappa shape index (κ3) is 2.70. The van der Waals surface area contributed by atoms with Crippen molar-refractivity contribution in [3.8, 4) is 0 Å². The SMILES string of the molecule is Cn1ccc2cccc(C(=O)NC3(C)CN(C(=O)c4ccsn4)C3)c21. The molecule has 25 heavy (non-hydrogen) atoms. The van der Waals surface area contributed by atoms with Gasteiger partial charge >= 0.3 is 0 Å². The Kier molecular flexibility index (Phi) is 3.61. The van der Waals surface area contributed by atoms with Crippen LogP contribution in [0.4, 0.5) is 0 Å². The zero-order valence-corrected chi connectivity index (χ0v) is 14.8. The zero-order valence-electron chi connectivity index (χ0n) is 14.0. The van der Waals surface area contributed by atoms with Gasteiger partial charge in [0.25, 0.3) is 11.8 Å². The highest BCUT2D eigenvalue weighted by atomic mass is 32.1. The molecule has 2 amide bonds. The number of para-hydroxylation sites is 1. The monoisotopic (exact) mass is 354 g/mol. The number of carbonyl (C=O) groups excluding carboxylic acids is 2. The van der Waals surface area contributed by atoms with Gasteiger partial charge in [-0.25, -0.2) is 0 Å². The van der Waals surface area contributed by atoms with Crippen molar-refractivity contribution in [3.63, 3.8) is 0 Å². The van der Waals surface area contributed by atoms with Crippen molar-refractivity contribution in [1.82, 2.24) is 19.2 Å². The summed E-state index contributed by atoms with van der Waals surface area (Å²) < 4.78 is 6.02. The molecule has 0 unspecified atom stereocenters. The fourth-order valence-corrected chi connectivity index (χ4v) is 3.89. The Hall–Kier alpha value is -2.67. The van der Waals surface area contributed by atoms with Crippen molar-refractivity contribution in [2.75, 3.05) is 13.1 Å². The van der Waals surface area contributed by atoms with Crippen LogP contribution in [0.2, 0.25) is 0 Å². The van der Waals surface area contributed by atoms with Gasteiger partial charge in [-0.05, 0) is 36.7 Å². The summed E-state index contributed by atoms with van der Waals surface area (Å²) in [5, 5.41) is 5.91. The third-order valence-electron chi connectivity index (χ3n) is 4.58. The lowest BCUT2D eigenvalue weighted by atomic mass is 9.91. The number of nitrogens with one attached hydrogen (secondary N) is 1. The minimum atomic E-state index is -0.421. The molecule has 6 nitrogen and oxygen atoms in total. The average Bonchev–Trinajstić information content (AvgIpc) is 3.22. The molecule has 2 aromatic heterocycles. The molecule has 3 heterocycles. The highest BCUT2D eigenvalue weighted by molar-refractivity contribution is 7.03. The van der Waals surface area contributed by atoms with Gasteiger partial charge in [0.1, 0.15) is 5.69 Å². The predicted octanol–water partition coefficient (Wildman–Crippen LogP) is 2.28. The Labute approximate surface area is 149 Å². The number of hydrogen-bond donors (Lipinski definition) is 1. The third-order valence-corrected chi connectivity index (χ3v) is 5.14. The van der Waals surface area contributed by atoms with E-state index in [4.69, 9.17) is 0 Å². The van der Waals surface area contributed by atoms with E-state index in [0.717, 1.165) is 10.9 Å². The Morgan fingerprint density at radius 2 is 2.04 bits per heavy atom. The quantitative estimate of drug-likeness (QED) is 0.785. The van der Waals surface area contributed by atoms with Crippen LogP contribution >= 0.6 is 11.5 Å². The number of carbonyl (C=O) groups is 2. The number of amides is 2. The van der Waals surface area contributed by atoms with Crippen molar-refractivity contribution in [2.24, 2.45) is 7.05 Å². The molecule has 0 saturated carbocycles. The molecule has 1 aliphatic heterocycles. The Morgan fingerprint density at radius 3 is 2.76 bits per heavy atom. The fourth-order valence-electron chi connectivity index (χ4n) is 3.38. The molecule has 128 valence electrons. The number of nitrogens with zero attached hydrogens (tertiary/aromatic N) is 3. The first-order chi connectivity index (χ1) is 12.0. The lowest BCUT2D eigenvalue weighted by molar-refractivity contribution is 0.0327. The highest BCUT2D eigenvalue weighted by Crippen LogP contribution is 2.25. The summed E-state index contributed by atoms with van der Waals surface area (Å²) in [6, 6.07) is 9.42. The molecule has 1 N–H and O–H groups in total. The molecule has 0 bridgehead atoms. The van der Waals surface area contributed by atoms with E-state index in [1.54, 1.807) is 16.3 Å². The van der Waals surface area contributed by atoms with Crippen LogP contribution in [0.25, 0.3) is 10.9 Å². The van der Waals surface area contributed by atoms with Gasteiger partial charge in [-0.3, -0.25) is 9.59 Å². The van der Waals surface area contributed by atoms with Crippen LogP contribution in [0.5, 0.6) is 0 Å². The molecule has 7 heteroatoms. The van der Waals surface area contributed by atoms with Crippen molar-refractivity contribution < 1.29 is 9.59 Å². The zero-order chi connectivity index (χ0) is 17.6. The summed E-state index contributed by atoms with van der Waals surface area (Å²) >= 11 is 1.26. The summed E-state index contributed by atoms with van der Waals surface area (Å²) in [7, 11) is 1.93. The minimum absolute atomic E-state index is 0.0856. The van der Waals surface area contributed by atoms with Crippen LogP contribution in [-0.4, -0.2) is 44.3 Å². The van der Waals surface area contributed by atoms with Crippen molar-refractivity contribution in [2.45, 2.75) is 12.5 Å². The first kappa shape index (κ1) is 15.8. The maximum Gasteiger partial charge on any atom is 0.273 e. The number of benzene rings is 1. The summed E-state index contributed by atoms with van der Waals surface area (Å²) in [6.45, 7) is 2.93. The average molecular weight is 354 g/mol. The molecular weight excluding hydrogens is 336 g/mol. The molecule has 1 fully saturated rings. The van der Waals surface area contributed by atoms with Crippen LogP contribution in [0.3, 0.4) is 0 Å². The second-order valence-corrected chi connectivity index (χ2v) is 7.40. The Morgan fingerprint density at radius 1 is 1.24 bits per heavy atom. The van der Waals surface area contributed by atoms with Crippen LogP contribution in [-0.2, 0) is 7.05 Å². The second-order valence-electron chi connectivity index (χ2n) is 6.73. The summed E-state index contributed by atoms with van der Waals surface area (Å²) in [6.07, 6.45) is 1.95. The first-order valence-electron chi connectivity index (χ1n) is 8.03. The van der Waals surface area contributed by atoms with E-state index < -0.39 is 5.54 Å². The largest absolute Gasteiger partial charge is 0.350 e. The van der Waals surface area contributed by atoms with Gasteiger partial charge in [-0.1, -0.05) is 12.1 Å². The molecule has 1 aromatic carbocycles. The topological polar surface area (TPSA) is 67.2 Å². The van der Waals surface area contributed by atoms with Crippen LogP contribution in [0.1, 0.15) is 27.8 Å². The van der Waals surface area contributed by atoms with E-state index >= 15 is 0 Å². The van der Waals surface area contributed by atoms with Gasteiger partial charge in [-0.2, -0.15) is 4.37 Å². The van der Waals surface area contributed by atoms with Gasteiger partial charge in [-0.15, -0.1) is 0 Å². The maximum absolute atomic E-state index is 12.8. The van der Waals surface area contributed by atoms with Crippen LogP contribution in [0, 0.1) is 0 Å². The molecule has 1 saturated heterocycles. The summed E-state index contributed by atoms with van der Waals surface area (Å²) in [4.78, 5) is 26.8. The number of aromatic nitrogens is 2. The summed E-state index contributed by atoms with van der Waals surface area (Å²) in [5.74, 6) is -0.201. The van der Waals surface area contributed by atoms with Gasteiger partial charge in [0.15, 0.2) is 0 Å². The molecule has 0 atom stereocenters. The number of hydrogen-bond acceptors (Lipinski definition) is 4. The van der Waals surface area contributed by atoms with E-state index in [-0.39, 0.29) is 11.8 Å². The Balaban J connectivity index is 1.48. The van der Waals surface area contributed by atoms with Crippen molar-refractivity contribution in [3.05, 3.63) is 53.2 Å². The van der Waals surface area contributed by atoms with Gasteiger partial charge in [0, 0.05) is 37.1 Å². The number of fused-ring (bicyclic) bond motifs is 1. The van der Waals surface area contributed by atoms with Crippen molar-refractivity contribution in [1.29, 1.82) is 0 Å². The fraction of sp³-hybridized carbons (Fsp3) is 0.278. The van der Waals surface area contributed by atoms with Crippen LogP contribution in [0.15, 0.2) is 41.9 Å². The maximum atomic E-state index is 12.8. The van der Waals surface area contributed by atoms with E-state index in [9.17, 15) is 9.59 Å². The number of rotatable bonds is 3. The van der Waals surface area contributed by atoms with Gasteiger partial charge in [0.2, 0.25) is 0 Å². The normalized spacial score (nSPS) is 15.8. The molecule has 0 spiro atoms. The first-order valence-corrected chi connectivity index (χ1v) is 8.87. The number of likely N-dealkylation sites (tertiary alicyclic amines) is 1. The predicted molar refractivity (Wildman–Crippen MR) is 96.8 cm³/mol. The van der Waals surface area contributed by atoms with Crippen molar-refractivity contribution >= 4 is 34.2 Å². The van der Waals surface area contributed by atoms with E-state index in [1.165, 1.54) is 11.5 Å². The number of aryl methyl sites for hydroxylation is 1. The lowest BCUT2D eigenvalue weighted by Crippen LogP contribution is -2.69. The van der Waals surface area contributed by atoms with E-state index in [1.807, 2.05) is 49.0 Å². The standard InChI is InChI=1S/C18H18N4O2S/c1-18(10-22(11-18)17(24)14-7-9-25-20-14)19-16(23)13-5-3-4-12-6-8-21(2)15(12)13/h3-9H,10-11H2,1-2H3,(H,19,23).